The zero-order valence-electron chi connectivity index (χ0n) is 6.16. The van der Waals surface area contributed by atoms with E-state index in [1.807, 2.05) is 13.0 Å². The molecule has 0 bridgehead atoms. The van der Waals surface area contributed by atoms with Gasteiger partial charge in [0, 0.05) is 16.3 Å². The molecule has 0 rings (SSSR count). The van der Waals surface area contributed by atoms with Crippen LogP contribution in [0.1, 0.15) is 13.3 Å². The molecule has 0 saturated heterocycles. The second-order valence-corrected chi connectivity index (χ2v) is 3.49. The Morgan fingerprint density at radius 1 is 1.70 bits per heavy atom. The molecule has 2 heteroatoms. The first-order valence-corrected chi connectivity index (χ1v) is 3.98. The zero-order valence-corrected chi connectivity index (χ0v) is 7.67. The topological polar surface area (TPSA) is 0 Å². The van der Waals surface area contributed by atoms with Crippen molar-refractivity contribution < 1.29 is 0 Å². The van der Waals surface area contributed by atoms with Gasteiger partial charge in [-0.25, -0.2) is 0 Å². The van der Waals surface area contributed by atoms with Crippen molar-refractivity contribution in [3.63, 3.8) is 0 Å². The zero-order chi connectivity index (χ0) is 8.20. The summed E-state index contributed by atoms with van der Waals surface area (Å²) < 4.78 is 0. The third-order valence-corrected chi connectivity index (χ3v) is 2.14. The van der Waals surface area contributed by atoms with Gasteiger partial charge < -0.3 is 0 Å². The van der Waals surface area contributed by atoms with Crippen LogP contribution in [-0.4, -0.2) is 5.88 Å². The summed E-state index contributed by atoms with van der Waals surface area (Å²) in [6, 6.07) is 0. The lowest BCUT2D eigenvalue weighted by Gasteiger charge is -2.21. The fourth-order valence-electron chi connectivity index (χ4n) is 0.612. The Balaban J connectivity index is 4.05. The van der Waals surface area contributed by atoms with E-state index in [0.29, 0.717) is 17.3 Å². The highest BCUT2D eigenvalue weighted by atomic mass is 35.5. The van der Waals surface area contributed by atoms with Gasteiger partial charge in [-0.3, -0.25) is 0 Å². The SMILES string of the molecule is C=CC(C)(CCl)CC(=C)Cl. The minimum atomic E-state index is -0.0968. The number of allylic oxidation sites excluding steroid dienone is 2. The van der Waals surface area contributed by atoms with Gasteiger partial charge in [-0.05, 0) is 6.42 Å². The molecule has 0 aliphatic carbocycles. The molecule has 0 aromatic carbocycles. The van der Waals surface area contributed by atoms with Gasteiger partial charge in [0.05, 0.1) is 0 Å². The van der Waals surface area contributed by atoms with Crippen LogP contribution in [0.5, 0.6) is 0 Å². The Bertz CT molecular complexity index is 140. The minimum Gasteiger partial charge on any atom is -0.126 e. The molecule has 0 aliphatic rings. The van der Waals surface area contributed by atoms with Gasteiger partial charge in [0.1, 0.15) is 0 Å². The Labute approximate surface area is 72.5 Å². The summed E-state index contributed by atoms with van der Waals surface area (Å²) >= 11 is 11.3. The Morgan fingerprint density at radius 2 is 2.20 bits per heavy atom. The molecule has 0 aliphatic heterocycles. The smallest absolute Gasteiger partial charge is 0.0315 e. The van der Waals surface area contributed by atoms with Crippen molar-refractivity contribution in [2.24, 2.45) is 5.41 Å². The standard InChI is InChI=1S/C8H12Cl2/c1-4-8(3,6-9)5-7(2)10/h4H,1-2,5-6H2,3H3. The Morgan fingerprint density at radius 3 is 2.30 bits per heavy atom. The normalized spacial score (nSPS) is 15.9. The lowest BCUT2D eigenvalue weighted by molar-refractivity contribution is 0.493. The first-order chi connectivity index (χ1) is 4.54. The van der Waals surface area contributed by atoms with Crippen molar-refractivity contribution in [2.75, 3.05) is 5.88 Å². The second kappa shape index (κ2) is 4.05. The van der Waals surface area contributed by atoms with Gasteiger partial charge in [-0.15, -0.1) is 18.2 Å². The van der Waals surface area contributed by atoms with E-state index in [9.17, 15) is 0 Å². The quantitative estimate of drug-likeness (QED) is 0.457. The van der Waals surface area contributed by atoms with Crippen LogP contribution in [0.3, 0.4) is 0 Å². The number of rotatable bonds is 4. The average Bonchev–Trinajstić information content (AvgIpc) is 1.87. The predicted octanol–water partition coefficient (Wildman–Crippen LogP) is 3.56. The molecule has 0 radical (unpaired) electrons. The molecule has 10 heavy (non-hydrogen) atoms. The first kappa shape index (κ1) is 10.1. The summed E-state index contributed by atoms with van der Waals surface area (Å²) in [6.07, 6.45) is 2.51. The molecule has 0 amide bonds. The minimum absolute atomic E-state index is 0.0968. The van der Waals surface area contributed by atoms with Crippen LogP contribution >= 0.6 is 23.2 Å². The maximum absolute atomic E-state index is 5.68. The summed E-state index contributed by atoms with van der Waals surface area (Å²) in [5, 5.41) is 0.628. The van der Waals surface area contributed by atoms with Gasteiger partial charge in [0.25, 0.3) is 0 Å². The summed E-state index contributed by atoms with van der Waals surface area (Å²) in [7, 11) is 0. The molecule has 0 saturated carbocycles. The van der Waals surface area contributed by atoms with E-state index in [1.54, 1.807) is 0 Å². The molecule has 0 fully saturated rings. The molecule has 0 spiro atoms. The Hall–Kier alpha value is 0.0600. The highest BCUT2D eigenvalue weighted by Crippen LogP contribution is 2.29. The van der Waals surface area contributed by atoms with Crippen LogP contribution in [0.4, 0.5) is 0 Å². The third kappa shape index (κ3) is 3.28. The summed E-state index contributed by atoms with van der Waals surface area (Å²) in [5.41, 5.74) is -0.0968. The van der Waals surface area contributed by atoms with Crippen molar-refractivity contribution >= 4 is 23.2 Å². The van der Waals surface area contributed by atoms with Gasteiger partial charge >= 0.3 is 0 Å². The van der Waals surface area contributed by atoms with E-state index in [0.717, 1.165) is 0 Å². The van der Waals surface area contributed by atoms with Crippen LogP contribution in [0.2, 0.25) is 0 Å². The molecule has 0 nitrogen and oxygen atoms in total. The highest BCUT2D eigenvalue weighted by Gasteiger charge is 2.18. The summed E-state index contributed by atoms with van der Waals surface area (Å²) in [6.45, 7) is 9.27. The number of halogens is 2. The van der Waals surface area contributed by atoms with Crippen molar-refractivity contribution in [2.45, 2.75) is 13.3 Å². The van der Waals surface area contributed by atoms with E-state index < -0.39 is 0 Å². The molecule has 1 atom stereocenters. The average molecular weight is 179 g/mol. The van der Waals surface area contributed by atoms with Crippen molar-refractivity contribution in [3.8, 4) is 0 Å². The largest absolute Gasteiger partial charge is 0.126 e. The third-order valence-electron chi connectivity index (χ3n) is 1.39. The fourth-order valence-corrected chi connectivity index (χ4v) is 1.12. The molecular formula is C8H12Cl2. The maximum Gasteiger partial charge on any atom is 0.0315 e. The number of hydrogen-bond acceptors (Lipinski definition) is 0. The van der Waals surface area contributed by atoms with E-state index in [1.165, 1.54) is 0 Å². The molecular weight excluding hydrogens is 167 g/mol. The lowest BCUT2D eigenvalue weighted by Crippen LogP contribution is -2.14. The van der Waals surface area contributed by atoms with Crippen molar-refractivity contribution in [1.82, 2.24) is 0 Å². The monoisotopic (exact) mass is 178 g/mol. The van der Waals surface area contributed by atoms with Gasteiger partial charge in [-0.2, -0.15) is 0 Å². The molecule has 0 aromatic heterocycles. The molecule has 1 unspecified atom stereocenters. The molecule has 0 aromatic rings. The van der Waals surface area contributed by atoms with Crippen LogP contribution in [0, 0.1) is 5.41 Å². The van der Waals surface area contributed by atoms with E-state index in [2.05, 4.69) is 13.2 Å². The molecule has 0 heterocycles. The predicted molar refractivity (Wildman–Crippen MR) is 48.6 cm³/mol. The number of hydrogen-bond donors (Lipinski definition) is 0. The fraction of sp³-hybridized carbons (Fsp3) is 0.500. The van der Waals surface area contributed by atoms with E-state index in [-0.39, 0.29) is 5.41 Å². The van der Waals surface area contributed by atoms with E-state index in [4.69, 9.17) is 23.2 Å². The summed E-state index contributed by atoms with van der Waals surface area (Å²) in [4.78, 5) is 0. The van der Waals surface area contributed by atoms with Crippen LogP contribution in [-0.2, 0) is 0 Å². The Kier molecular flexibility index (Phi) is 4.07. The van der Waals surface area contributed by atoms with Gasteiger partial charge in [0.2, 0.25) is 0 Å². The molecule has 58 valence electrons. The van der Waals surface area contributed by atoms with Crippen LogP contribution in [0.15, 0.2) is 24.3 Å². The van der Waals surface area contributed by atoms with Crippen molar-refractivity contribution in [1.29, 1.82) is 0 Å². The van der Waals surface area contributed by atoms with E-state index >= 15 is 0 Å². The first-order valence-electron chi connectivity index (χ1n) is 3.07. The maximum atomic E-state index is 5.68. The second-order valence-electron chi connectivity index (χ2n) is 2.69. The van der Waals surface area contributed by atoms with Crippen LogP contribution in [0.25, 0.3) is 0 Å². The van der Waals surface area contributed by atoms with Gasteiger partial charge in [-0.1, -0.05) is 31.2 Å². The van der Waals surface area contributed by atoms with Crippen molar-refractivity contribution in [3.05, 3.63) is 24.3 Å². The van der Waals surface area contributed by atoms with Gasteiger partial charge in [0.15, 0.2) is 0 Å². The highest BCUT2D eigenvalue weighted by molar-refractivity contribution is 6.29. The lowest BCUT2D eigenvalue weighted by atomic mass is 9.89. The number of alkyl halides is 1. The summed E-state index contributed by atoms with van der Waals surface area (Å²) in [5.74, 6) is 0.530. The molecule has 0 N–H and O–H groups in total. The van der Waals surface area contributed by atoms with Crippen LogP contribution < -0.4 is 0 Å².